The molecule has 4 nitrogen and oxygen atoms in total. The van der Waals surface area contributed by atoms with Crippen LogP contribution in [0.1, 0.15) is 30.4 Å². The van der Waals surface area contributed by atoms with Crippen molar-refractivity contribution in [2.75, 3.05) is 6.61 Å². The van der Waals surface area contributed by atoms with Gasteiger partial charge < -0.3 is 9.26 Å². The summed E-state index contributed by atoms with van der Waals surface area (Å²) in [5, 5.41) is 3.12. The zero-order valence-electron chi connectivity index (χ0n) is 8.42. The number of alkyl halides is 4. The van der Waals surface area contributed by atoms with Crippen LogP contribution in [-0.2, 0) is 11.3 Å². The second-order valence-corrected chi connectivity index (χ2v) is 3.56. The average molecular weight is 259 g/mol. The van der Waals surface area contributed by atoms with E-state index in [4.69, 9.17) is 11.6 Å². The maximum atomic E-state index is 11.7. The molecule has 16 heavy (non-hydrogen) atoms. The number of rotatable bonds is 5. The molecule has 0 aliphatic carbocycles. The van der Waals surface area contributed by atoms with Crippen molar-refractivity contribution in [3.8, 4) is 0 Å². The van der Waals surface area contributed by atoms with Gasteiger partial charge in [0, 0.05) is 0 Å². The van der Waals surface area contributed by atoms with Crippen molar-refractivity contribution in [3.63, 3.8) is 0 Å². The molecule has 0 saturated heterocycles. The van der Waals surface area contributed by atoms with E-state index in [-0.39, 0.29) is 18.3 Å². The first-order valence-corrected chi connectivity index (χ1v) is 4.97. The molecule has 0 N–H and O–H groups in total. The molecule has 1 unspecified atom stereocenters. The largest absolute Gasteiger partial charge is 0.411 e. The van der Waals surface area contributed by atoms with E-state index in [1.54, 1.807) is 0 Å². The number of aromatic nitrogens is 2. The third-order valence-corrected chi connectivity index (χ3v) is 2.12. The van der Waals surface area contributed by atoms with Crippen LogP contribution in [0.2, 0.25) is 0 Å². The summed E-state index contributed by atoms with van der Waals surface area (Å²) in [6.07, 6.45) is -3.76. The number of hydrogen-bond donors (Lipinski definition) is 0. The lowest BCUT2D eigenvalue weighted by Gasteiger charge is -2.04. The highest BCUT2D eigenvalue weighted by atomic mass is 35.5. The summed E-state index contributed by atoms with van der Waals surface area (Å²) in [4.78, 5) is 3.80. The first-order chi connectivity index (χ1) is 7.42. The fraction of sp³-hybridized carbons (Fsp3) is 0.750. The van der Waals surface area contributed by atoms with Crippen LogP contribution in [0.4, 0.5) is 13.2 Å². The van der Waals surface area contributed by atoms with Crippen molar-refractivity contribution in [2.24, 2.45) is 0 Å². The maximum absolute atomic E-state index is 11.7. The molecule has 0 saturated carbocycles. The van der Waals surface area contributed by atoms with E-state index in [0.29, 0.717) is 6.42 Å². The Morgan fingerprint density at radius 1 is 1.50 bits per heavy atom. The first kappa shape index (κ1) is 13.2. The van der Waals surface area contributed by atoms with Crippen LogP contribution in [0.15, 0.2) is 4.52 Å². The van der Waals surface area contributed by atoms with Crippen LogP contribution in [0.3, 0.4) is 0 Å². The summed E-state index contributed by atoms with van der Waals surface area (Å²) < 4.78 is 44.2. The second-order valence-electron chi connectivity index (χ2n) is 3.03. The van der Waals surface area contributed by atoms with Crippen molar-refractivity contribution in [2.45, 2.75) is 31.5 Å². The summed E-state index contributed by atoms with van der Waals surface area (Å²) in [7, 11) is 0. The average Bonchev–Trinajstić information content (AvgIpc) is 2.63. The highest BCUT2D eigenvalue weighted by molar-refractivity contribution is 6.20. The minimum atomic E-state index is -4.36. The Hall–Kier alpha value is -0.820. The van der Waals surface area contributed by atoms with Gasteiger partial charge >= 0.3 is 6.18 Å². The van der Waals surface area contributed by atoms with Crippen molar-refractivity contribution < 1.29 is 22.4 Å². The molecule has 0 spiro atoms. The van der Waals surface area contributed by atoms with Crippen molar-refractivity contribution in [1.82, 2.24) is 10.1 Å². The molecular formula is C8H10ClF3N2O2. The number of ether oxygens (including phenoxy) is 1. The summed E-state index contributed by atoms with van der Waals surface area (Å²) >= 11 is 5.80. The Labute approximate surface area is 94.7 Å². The van der Waals surface area contributed by atoms with Crippen LogP contribution in [0, 0.1) is 0 Å². The fourth-order valence-electron chi connectivity index (χ4n) is 0.891. The molecule has 1 atom stereocenters. The predicted octanol–water partition coefficient (Wildman–Crippen LogP) is 2.84. The van der Waals surface area contributed by atoms with Gasteiger partial charge in [-0.3, -0.25) is 0 Å². The van der Waals surface area contributed by atoms with Crippen LogP contribution in [0.5, 0.6) is 0 Å². The Balaban J connectivity index is 2.41. The maximum Gasteiger partial charge on any atom is 0.411 e. The van der Waals surface area contributed by atoms with Gasteiger partial charge in [-0.05, 0) is 6.42 Å². The van der Waals surface area contributed by atoms with Gasteiger partial charge in [0.2, 0.25) is 0 Å². The van der Waals surface area contributed by atoms with Gasteiger partial charge in [-0.15, -0.1) is 11.6 Å². The van der Waals surface area contributed by atoms with Crippen molar-refractivity contribution in [1.29, 1.82) is 0 Å². The van der Waals surface area contributed by atoms with Crippen molar-refractivity contribution in [3.05, 3.63) is 11.7 Å². The van der Waals surface area contributed by atoms with Crippen LogP contribution < -0.4 is 0 Å². The Bertz CT molecular complexity index is 329. The molecule has 8 heteroatoms. The zero-order chi connectivity index (χ0) is 12.2. The van der Waals surface area contributed by atoms with Gasteiger partial charge in [-0.25, -0.2) is 0 Å². The second kappa shape index (κ2) is 5.49. The summed E-state index contributed by atoms with van der Waals surface area (Å²) in [6.45, 7) is 0.108. The van der Waals surface area contributed by atoms with E-state index < -0.39 is 18.2 Å². The quantitative estimate of drug-likeness (QED) is 0.762. The molecule has 1 rings (SSSR count). The molecule has 0 aromatic carbocycles. The zero-order valence-corrected chi connectivity index (χ0v) is 9.18. The van der Waals surface area contributed by atoms with Crippen LogP contribution >= 0.6 is 11.6 Å². The summed E-state index contributed by atoms with van der Waals surface area (Å²) in [5.41, 5.74) is 0. The van der Waals surface area contributed by atoms with Gasteiger partial charge in [0.15, 0.2) is 5.82 Å². The third-order valence-electron chi connectivity index (χ3n) is 1.61. The highest BCUT2D eigenvalue weighted by Crippen LogP contribution is 2.21. The Morgan fingerprint density at radius 2 is 2.19 bits per heavy atom. The monoisotopic (exact) mass is 258 g/mol. The standard InChI is InChI=1S/C8H10ClF3N2O2/c1-2-5(9)7-13-6(16-14-7)3-15-4-8(10,11)12/h5H,2-4H2,1H3. The normalized spacial score (nSPS) is 14.1. The molecule has 0 radical (unpaired) electrons. The Morgan fingerprint density at radius 3 is 2.75 bits per heavy atom. The minimum absolute atomic E-state index is 0.0154. The molecule has 0 aliphatic heterocycles. The molecule has 0 amide bonds. The SMILES string of the molecule is CCC(Cl)c1noc(COCC(F)(F)F)n1. The molecule has 1 aromatic heterocycles. The summed E-state index contributed by atoms with van der Waals surface area (Å²) in [6, 6.07) is 0. The van der Waals surface area contributed by atoms with E-state index in [9.17, 15) is 13.2 Å². The number of nitrogens with zero attached hydrogens (tertiary/aromatic N) is 2. The van der Waals surface area contributed by atoms with Crippen molar-refractivity contribution >= 4 is 11.6 Å². The highest BCUT2D eigenvalue weighted by Gasteiger charge is 2.27. The predicted molar refractivity (Wildman–Crippen MR) is 48.9 cm³/mol. The van der Waals surface area contributed by atoms with Gasteiger partial charge in [-0.2, -0.15) is 18.2 Å². The number of halogens is 4. The molecule has 0 aliphatic rings. The van der Waals surface area contributed by atoms with E-state index in [0.717, 1.165) is 0 Å². The third kappa shape index (κ3) is 4.36. The van der Waals surface area contributed by atoms with E-state index >= 15 is 0 Å². The molecule has 0 bridgehead atoms. The van der Waals surface area contributed by atoms with E-state index in [1.807, 2.05) is 6.92 Å². The molecule has 92 valence electrons. The molecule has 1 aromatic rings. The van der Waals surface area contributed by atoms with Crippen LogP contribution in [-0.4, -0.2) is 22.9 Å². The van der Waals surface area contributed by atoms with Gasteiger partial charge in [-0.1, -0.05) is 12.1 Å². The van der Waals surface area contributed by atoms with E-state index in [2.05, 4.69) is 19.4 Å². The minimum Gasteiger partial charge on any atom is -0.362 e. The van der Waals surface area contributed by atoms with Gasteiger partial charge in [0.05, 0.1) is 5.38 Å². The lowest BCUT2D eigenvalue weighted by Crippen LogP contribution is -2.16. The van der Waals surface area contributed by atoms with Gasteiger partial charge in [0.1, 0.15) is 13.2 Å². The Kier molecular flexibility index (Phi) is 4.55. The van der Waals surface area contributed by atoms with Crippen LogP contribution in [0.25, 0.3) is 0 Å². The van der Waals surface area contributed by atoms with Gasteiger partial charge in [0.25, 0.3) is 5.89 Å². The lowest BCUT2D eigenvalue weighted by atomic mass is 10.3. The number of hydrogen-bond acceptors (Lipinski definition) is 4. The molecular weight excluding hydrogens is 249 g/mol. The molecule has 1 heterocycles. The topological polar surface area (TPSA) is 48.2 Å². The first-order valence-electron chi connectivity index (χ1n) is 4.53. The summed E-state index contributed by atoms with van der Waals surface area (Å²) in [5.74, 6) is 0.244. The smallest absolute Gasteiger partial charge is 0.362 e. The fourth-order valence-corrected chi connectivity index (χ4v) is 0.979. The lowest BCUT2D eigenvalue weighted by molar-refractivity contribution is -0.178. The van der Waals surface area contributed by atoms with E-state index in [1.165, 1.54) is 0 Å². The molecule has 0 fully saturated rings.